The van der Waals surface area contributed by atoms with Gasteiger partial charge in [0.1, 0.15) is 24.1 Å². The van der Waals surface area contributed by atoms with Crippen molar-refractivity contribution in [1.82, 2.24) is 10.2 Å². The molecule has 0 fully saturated rings. The van der Waals surface area contributed by atoms with Crippen molar-refractivity contribution in [2.75, 3.05) is 32.1 Å². The van der Waals surface area contributed by atoms with E-state index in [0.29, 0.717) is 16.3 Å². The fourth-order valence-electron chi connectivity index (χ4n) is 4.78. The molecule has 4 aromatic rings. The lowest BCUT2D eigenvalue weighted by molar-refractivity contribution is -0.139. The highest BCUT2D eigenvalue weighted by molar-refractivity contribution is 7.92. The molecule has 0 bridgehead atoms. The molecule has 12 heteroatoms. The second kappa shape index (κ2) is 15.2. The monoisotopic (exact) mass is 669 g/mol. The van der Waals surface area contributed by atoms with Gasteiger partial charge in [0.2, 0.25) is 11.8 Å². The number of hydrogen-bond donors (Lipinski definition) is 1. The van der Waals surface area contributed by atoms with Crippen molar-refractivity contribution < 1.29 is 27.5 Å². The van der Waals surface area contributed by atoms with Crippen molar-refractivity contribution in [2.24, 2.45) is 0 Å². The molecule has 0 saturated heterocycles. The van der Waals surface area contributed by atoms with E-state index >= 15 is 0 Å². The molecule has 0 aliphatic rings. The molecule has 4 aromatic carbocycles. The molecular weight excluding hydrogens is 637 g/mol. The Morgan fingerprint density at radius 2 is 1.49 bits per heavy atom. The number of methoxy groups -OCH3 is 2. The predicted octanol–water partition coefficient (Wildman–Crippen LogP) is 5.59. The molecule has 0 spiro atoms. The number of ether oxygens (including phenoxy) is 2. The first-order valence-corrected chi connectivity index (χ1v) is 16.1. The summed E-state index contributed by atoms with van der Waals surface area (Å²) in [4.78, 5) is 29.1. The Kier molecular flexibility index (Phi) is 11.3. The lowest BCUT2D eigenvalue weighted by Crippen LogP contribution is -2.53. The zero-order chi connectivity index (χ0) is 32.6. The maximum absolute atomic E-state index is 14.4. The van der Waals surface area contributed by atoms with E-state index < -0.39 is 34.4 Å². The number of hydrogen-bond acceptors (Lipinski definition) is 6. The molecule has 1 N–H and O–H groups in total. The lowest BCUT2D eigenvalue weighted by atomic mass is 10.0. The smallest absolute Gasteiger partial charge is 0.264 e. The van der Waals surface area contributed by atoms with E-state index in [1.165, 1.54) is 50.4 Å². The third-order valence-electron chi connectivity index (χ3n) is 7.13. The summed E-state index contributed by atoms with van der Waals surface area (Å²) in [5, 5.41) is 3.26. The molecule has 0 radical (unpaired) electrons. The summed E-state index contributed by atoms with van der Waals surface area (Å²) in [7, 11) is 0.0487. The second-order valence-electron chi connectivity index (χ2n) is 9.95. The van der Waals surface area contributed by atoms with Crippen molar-refractivity contribution in [2.45, 2.75) is 23.9 Å². The molecule has 0 aliphatic carbocycles. The molecule has 2 amide bonds. The quantitative estimate of drug-likeness (QED) is 0.199. The first-order valence-electron chi connectivity index (χ1n) is 13.9. The largest absolute Gasteiger partial charge is 0.497 e. The number of carbonyl (C=O) groups excluding carboxylic acids is 2. The molecule has 45 heavy (non-hydrogen) atoms. The highest BCUT2D eigenvalue weighted by Crippen LogP contribution is 2.33. The summed E-state index contributed by atoms with van der Waals surface area (Å²) in [6.45, 7) is -0.693. The fourth-order valence-corrected chi connectivity index (χ4v) is 6.52. The Morgan fingerprint density at radius 3 is 2.11 bits per heavy atom. The number of benzene rings is 4. The van der Waals surface area contributed by atoms with Gasteiger partial charge < -0.3 is 19.7 Å². The molecule has 0 aliphatic heterocycles. The van der Waals surface area contributed by atoms with Crippen LogP contribution in [0.4, 0.5) is 5.69 Å². The maximum Gasteiger partial charge on any atom is 0.264 e. The van der Waals surface area contributed by atoms with E-state index in [2.05, 4.69) is 5.32 Å². The van der Waals surface area contributed by atoms with E-state index in [1.807, 2.05) is 30.3 Å². The number of anilines is 1. The number of amides is 2. The summed E-state index contributed by atoms with van der Waals surface area (Å²) in [5.41, 5.74) is 1.56. The minimum Gasteiger partial charge on any atom is -0.497 e. The van der Waals surface area contributed by atoms with Crippen LogP contribution in [0.15, 0.2) is 102 Å². The van der Waals surface area contributed by atoms with Crippen molar-refractivity contribution in [1.29, 1.82) is 0 Å². The average Bonchev–Trinajstić information content (AvgIpc) is 3.06. The summed E-state index contributed by atoms with van der Waals surface area (Å²) in [6, 6.07) is 25.5. The van der Waals surface area contributed by atoms with Crippen LogP contribution in [0.3, 0.4) is 0 Å². The SMILES string of the molecule is CNC(=O)[C@H](Cc1ccccc1)N(Cc1ccc(Cl)c(Cl)c1)C(=O)CN(c1ccccc1OC)S(=O)(=O)c1ccc(OC)cc1. The Bertz CT molecular complexity index is 1740. The number of nitrogens with zero attached hydrogens (tertiary/aromatic N) is 2. The van der Waals surface area contributed by atoms with Crippen LogP contribution < -0.4 is 19.1 Å². The average molecular weight is 671 g/mol. The van der Waals surface area contributed by atoms with Gasteiger partial charge >= 0.3 is 0 Å². The van der Waals surface area contributed by atoms with Gasteiger partial charge in [-0.3, -0.25) is 13.9 Å². The Balaban J connectivity index is 1.82. The minimum absolute atomic E-state index is 0.0526. The molecule has 236 valence electrons. The minimum atomic E-state index is -4.32. The zero-order valence-corrected chi connectivity index (χ0v) is 27.3. The number of nitrogens with one attached hydrogen (secondary N) is 1. The number of halogens is 2. The maximum atomic E-state index is 14.4. The van der Waals surface area contributed by atoms with E-state index in [9.17, 15) is 18.0 Å². The standard InChI is InChI=1S/C33H33Cl2N3O6S/c1-36-33(40)30(20-23-9-5-4-6-10-23)37(21-24-13-18-27(34)28(35)19-24)32(39)22-38(29-11-7-8-12-31(29)44-3)45(41,42)26-16-14-25(43-2)15-17-26/h4-19,30H,20-22H2,1-3H3,(H,36,40)/t30-/m0/s1. The molecule has 4 rings (SSSR count). The van der Waals surface area contributed by atoms with Crippen molar-refractivity contribution in [3.05, 3.63) is 118 Å². The molecular formula is C33H33Cl2N3O6S. The number of sulfonamides is 1. The zero-order valence-electron chi connectivity index (χ0n) is 24.9. The number of para-hydroxylation sites is 2. The van der Waals surface area contributed by atoms with E-state index in [1.54, 1.807) is 42.5 Å². The van der Waals surface area contributed by atoms with Gasteiger partial charge in [0, 0.05) is 20.0 Å². The summed E-state index contributed by atoms with van der Waals surface area (Å²) >= 11 is 12.4. The van der Waals surface area contributed by atoms with Crippen LogP contribution in [0.2, 0.25) is 10.0 Å². The summed E-state index contributed by atoms with van der Waals surface area (Å²) in [6.07, 6.45) is 0.174. The third kappa shape index (κ3) is 8.08. The molecule has 0 saturated carbocycles. The number of carbonyl (C=O) groups is 2. The van der Waals surface area contributed by atoms with Crippen LogP contribution in [0.5, 0.6) is 11.5 Å². The van der Waals surface area contributed by atoms with Crippen molar-refractivity contribution >= 4 is 50.7 Å². The molecule has 0 unspecified atom stereocenters. The number of rotatable bonds is 13. The Hall–Kier alpha value is -4.25. The van der Waals surface area contributed by atoms with Gasteiger partial charge in [-0.2, -0.15) is 0 Å². The summed E-state index contributed by atoms with van der Waals surface area (Å²) < 4.78 is 40.1. The van der Waals surface area contributed by atoms with Gasteiger partial charge in [-0.05, 0) is 59.7 Å². The van der Waals surface area contributed by atoms with E-state index in [-0.39, 0.29) is 34.3 Å². The molecule has 0 aromatic heterocycles. The second-order valence-corrected chi connectivity index (χ2v) is 12.6. The van der Waals surface area contributed by atoms with Crippen molar-refractivity contribution in [3.63, 3.8) is 0 Å². The van der Waals surface area contributed by atoms with E-state index in [4.69, 9.17) is 32.7 Å². The molecule has 0 heterocycles. The third-order valence-corrected chi connectivity index (χ3v) is 9.65. The first-order chi connectivity index (χ1) is 21.6. The fraction of sp³-hybridized carbons (Fsp3) is 0.212. The van der Waals surface area contributed by atoms with Gasteiger partial charge in [-0.25, -0.2) is 8.42 Å². The number of likely N-dealkylation sites (N-methyl/N-ethyl adjacent to an activating group) is 1. The van der Waals surface area contributed by atoms with Crippen LogP contribution in [-0.4, -0.2) is 59.0 Å². The Labute approximate surface area is 273 Å². The van der Waals surface area contributed by atoms with E-state index in [0.717, 1.165) is 9.87 Å². The topological polar surface area (TPSA) is 105 Å². The van der Waals surface area contributed by atoms with Gasteiger partial charge in [0.15, 0.2) is 0 Å². The van der Waals surface area contributed by atoms with Gasteiger partial charge in [-0.1, -0.05) is 71.7 Å². The molecule has 9 nitrogen and oxygen atoms in total. The first kappa shape index (κ1) is 33.6. The van der Waals surface area contributed by atoms with Gasteiger partial charge in [-0.15, -0.1) is 0 Å². The normalized spacial score (nSPS) is 11.8. The van der Waals surface area contributed by atoms with Crippen LogP contribution in [0.1, 0.15) is 11.1 Å². The van der Waals surface area contributed by atoms with Crippen LogP contribution in [0, 0.1) is 0 Å². The van der Waals surface area contributed by atoms with Crippen LogP contribution in [0.25, 0.3) is 0 Å². The lowest BCUT2D eigenvalue weighted by Gasteiger charge is -2.34. The van der Waals surface area contributed by atoms with Gasteiger partial charge in [0.05, 0.1) is 34.8 Å². The van der Waals surface area contributed by atoms with Crippen LogP contribution >= 0.6 is 23.2 Å². The van der Waals surface area contributed by atoms with Crippen molar-refractivity contribution in [3.8, 4) is 11.5 Å². The highest BCUT2D eigenvalue weighted by Gasteiger charge is 2.35. The van der Waals surface area contributed by atoms with Crippen LogP contribution in [-0.2, 0) is 32.6 Å². The summed E-state index contributed by atoms with van der Waals surface area (Å²) in [5.74, 6) is -0.343. The Morgan fingerprint density at radius 1 is 0.822 bits per heavy atom. The molecule has 1 atom stereocenters. The highest BCUT2D eigenvalue weighted by atomic mass is 35.5. The predicted molar refractivity (Wildman–Crippen MR) is 176 cm³/mol. The van der Waals surface area contributed by atoms with Gasteiger partial charge in [0.25, 0.3) is 10.0 Å².